The molecule has 1 aliphatic carbocycles. The summed E-state index contributed by atoms with van der Waals surface area (Å²) in [5.41, 5.74) is 0. The third-order valence-corrected chi connectivity index (χ3v) is 11.0. The highest BCUT2D eigenvalue weighted by Gasteiger charge is 2.39. The van der Waals surface area contributed by atoms with Crippen molar-refractivity contribution in [3.05, 3.63) is 24.3 Å². The van der Waals surface area contributed by atoms with E-state index in [0.717, 1.165) is 57.8 Å². The van der Waals surface area contributed by atoms with Gasteiger partial charge in [0.05, 0.1) is 52.1 Å². The second-order valence-electron chi connectivity index (χ2n) is 16.1. The van der Waals surface area contributed by atoms with Gasteiger partial charge in [-0.3, -0.25) is 14.2 Å². The molecule has 310 valence electrons. The molecule has 12 heteroatoms. The van der Waals surface area contributed by atoms with E-state index in [4.69, 9.17) is 9.05 Å². The van der Waals surface area contributed by atoms with Crippen molar-refractivity contribution >= 4 is 19.5 Å². The van der Waals surface area contributed by atoms with Crippen molar-refractivity contribution in [2.24, 2.45) is 11.8 Å². The maximum atomic E-state index is 12.9. The third kappa shape index (κ3) is 25.4. The Kier molecular flexibility index (Phi) is 27.0. The van der Waals surface area contributed by atoms with Crippen molar-refractivity contribution in [1.29, 1.82) is 0 Å². The Morgan fingerprint density at radius 3 is 2.17 bits per heavy atom. The van der Waals surface area contributed by atoms with Crippen LogP contribution in [0.1, 0.15) is 149 Å². The van der Waals surface area contributed by atoms with E-state index in [1.165, 1.54) is 44.9 Å². The predicted molar refractivity (Wildman–Crippen MR) is 211 cm³/mol. The molecule has 0 aliphatic heterocycles. The van der Waals surface area contributed by atoms with Crippen LogP contribution in [0.2, 0.25) is 0 Å². The molecule has 0 aromatic heterocycles. The summed E-state index contributed by atoms with van der Waals surface area (Å²) >= 11 is 0. The van der Waals surface area contributed by atoms with E-state index in [1.807, 2.05) is 33.3 Å². The summed E-state index contributed by atoms with van der Waals surface area (Å²) in [5, 5.41) is 34.4. The number of nitrogens with one attached hydrogen (secondary N) is 1. The first-order chi connectivity index (χ1) is 25.2. The normalized spacial score (nSPS) is 21.0. The molecule has 53 heavy (non-hydrogen) atoms. The van der Waals surface area contributed by atoms with Crippen LogP contribution in [0.3, 0.4) is 0 Å². The van der Waals surface area contributed by atoms with Gasteiger partial charge in [0.1, 0.15) is 18.9 Å². The number of phosphoric ester groups is 1. The molecule has 1 rings (SSSR count). The van der Waals surface area contributed by atoms with Crippen LogP contribution in [0.4, 0.5) is 0 Å². The largest absolute Gasteiger partial charge is 0.756 e. The van der Waals surface area contributed by atoms with Crippen molar-refractivity contribution in [2.45, 2.75) is 173 Å². The lowest BCUT2D eigenvalue weighted by atomic mass is 9.88. The Labute approximate surface area is 322 Å². The zero-order valence-electron chi connectivity index (χ0n) is 33.9. The molecule has 1 amide bonds. The fourth-order valence-electron chi connectivity index (χ4n) is 6.63. The topological polar surface area (TPSA) is 165 Å². The van der Waals surface area contributed by atoms with Crippen molar-refractivity contribution in [2.75, 3.05) is 40.9 Å². The lowest BCUT2D eigenvalue weighted by molar-refractivity contribution is -0.870. The number of amides is 1. The number of unbranched alkanes of at least 4 members (excludes halogenated alkanes) is 14. The van der Waals surface area contributed by atoms with Crippen LogP contribution >= 0.6 is 7.82 Å². The Balaban J connectivity index is 2.58. The zero-order chi connectivity index (χ0) is 39.5. The quantitative estimate of drug-likeness (QED) is 0.0240. The number of rotatable bonds is 33. The number of allylic oxidation sites excluding steroid dienone is 1. The summed E-state index contributed by atoms with van der Waals surface area (Å²) in [5.74, 6) is -0.807. The summed E-state index contributed by atoms with van der Waals surface area (Å²) in [6, 6.07) is -0.971. The molecule has 0 aromatic carbocycles. The molecule has 11 nitrogen and oxygen atoms in total. The van der Waals surface area contributed by atoms with Gasteiger partial charge in [-0.2, -0.15) is 0 Å². The Morgan fingerprint density at radius 1 is 0.906 bits per heavy atom. The summed E-state index contributed by atoms with van der Waals surface area (Å²) in [6.07, 6.45) is 24.0. The van der Waals surface area contributed by atoms with Gasteiger partial charge in [0.2, 0.25) is 5.91 Å². The molecule has 0 aromatic rings. The number of carbonyl (C=O) groups excluding carboxylic acids is 2. The van der Waals surface area contributed by atoms with Gasteiger partial charge < -0.3 is 39.1 Å². The predicted octanol–water partition coefficient (Wildman–Crippen LogP) is 6.92. The minimum absolute atomic E-state index is 0.0441. The van der Waals surface area contributed by atoms with Gasteiger partial charge in [0, 0.05) is 24.7 Å². The molecule has 0 spiro atoms. The number of aliphatic hydroxyl groups excluding tert-OH is 3. The van der Waals surface area contributed by atoms with Crippen molar-refractivity contribution < 1.29 is 47.9 Å². The van der Waals surface area contributed by atoms with Crippen molar-refractivity contribution in [3.63, 3.8) is 0 Å². The second-order valence-corrected chi connectivity index (χ2v) is 17.5. The second kappa shape index (κ2) is 28.9. The highest BCUT2D eigenvalue weighted by Crippen LogP contribution is 2.38. The van der Waals surface area contributed by atoms with Crippen LogP contribution in [-0.4, -0.2) is 96.7 Å². The number of Topliss-reactive ketones (excluding diaryl/α,β-unsaturated/α-hetero) is 1. The molecular formula is C41H77N2O9P. The fourth-order valence-corrected chi connectivity index (χ4v) is 7.36. The number of hydrogen-bond donors (Lipinski definition) is 4. The maximum absolute atomic E-state index is 12.9. The monoisotopic (exact) mass is 773 g/mol. The summed E-state index contributed by atoms with van der Waals surface area (Å²) in [6.45, 7) is 4.30. The van der Waals surface area contributed by atoms with Crippen LogP contribution in [0.5, 0.6) is 0 Å². The molecular weight excluding hydrogens is 695 g/mol. The number of hydrogen-bond acceptors (Lipinski definition) is 9. The first-order valence-electron chi connectivity index (χ1n) is 20.8. The van der Waals surface area contributed by atoms with Crippen LogP contribution in [-0.2, 0) is 23.2 Å². The van der Waals surface area contributed by atoms with E-state index in [9.17, 15) is 34.4 Å². The highest BCUT2D eigenvalue weighted by molar-refractivity contribution is 7.45. The van der Waals surface area contributed by atoms with Gasteiger partial charge in [-0.25, -0.2) is 0 Å². The summed E-state index contributed by atoms with van der Waals surface area (Å²) in [7, 11) is 1.11. The highest BCUT2D eigenvalue weighted by atomic mass is 31.2. The number of quaternary nitrogens is 1. The first-order valence-corrected chi connectivity index (χ1v) is 22.3. The third-order valence-electron chi connectivity index (χ3n) is 10.1. The average molecular weight is 773 g/mol. The fraction of sp³-hybridized carbons (Fsp3) is 0.854. The van der Waals surface area contributed by atoms with Crippen molar-refractivity contribution in [1.82, 2.24) is 5.32 Å². The zero-order valence-corrected chi connectivity index (χ0v) is 34.8. The molecule has 1 aliphatic rings. The molecule has 1 saturated carbocycles. The Morgan fingerprint density at radius 2 is 1.51 bits per heavy atom. The van der Waals surface area contributed by atoms with Crippen LogP contribution in [0.25, 0.3) is 0 Å². The molecule has 0 heterocycles. The first kappa shape index (κ1) is 49.6. The molecule has 1 fully saturated rings. The molecule has 0 radical (unpaired) electrons. The molecule has 7 atom stereocenters. The minimum atomic E-state index is -4.65. The minimum Gasteiger partial charge on any atom is -0.756 e. The van der Waals surface area contributed by atoms with Crippen LogP contribution in [0, 0.1) is 11.8 Å². The standard InChI is InChI=1S/C41H77N2O9P/c1-6-8-10-11-12-13-14-15-16-17-22-26-38(45)37(33-52-53(49,50)51-31-30-43(3,4)5)42-41(48)27-23-19-18-21-25-35-36(40(47)32-39(35)46)29-28-34(44)24-20-9-7-2/h22,26,28-29,34-38,40,44-45,47H,6-21,23-25,27,30-33H2,1-5H3,(H-,42,48,49,50)/b26-22+,29-28+/t34-,35+,36+,37-,38+,40+/m0/s1. The average Bonchev–Trinajstić information content (AvgIpc) is 3.36. The number of nitrogens with zero attached hydrogens (tertiary/aromatic N) is 1. The maximum Gasteiger partial charge on any atom is 0.268 e. The summed E-state index contributed by atoms with van der Waals surface area (Å²) in [4.78, 5) is 38.0. The van der Waals surface area contributed by atoms with Gasteiger partial charge in [0.25, 0.3) is 7.82 Å². The number of ketones is 1. The van der Waals surface area contributed by atoms with Gasteiger partial charge in [-0.1, -0.05) is 128 Å². The lowest BCUT2D eigenvalue weighted by Gasteiger charge is -2.29. The van der Waals surface area contributed by atoms with E-state index in [2.05, 4.69) is 19.2 Å². The van der Waals surface area contributed by atoms with E-state index in [-0.39, 0.29) is 43.0 Å². The van der Waals surface area contributed by atoms with Crippen LogP contribution in [0.15, 0.2) is 24.3 Å². The number of aliphatic hydroxyl groups is 3. The SMILES string of the molecule is CCCCCCCCCCC/C=C/[C@@H](O)[C@H](COP(=O)([O-])OCC[N+](C)(C)C)NC(=O)CCCCCC[C@H]1C(=O)C[C@@H](O)[C@@H]1/C=C/[C@@H](O)CCCCC. The number of carbonyl (C=O) groups is 2. The molecule has 4 N–H and O–H groups in total. The molecule has 1 unspecified atom stereocenters. The van der Waals surface area contributed by atoms with Gasteiger partial charge in [-0.15, -0.1) is 0 Å². The van der Waals surface area contributed by atoms with Gasteiger partial charge in [0.15, 0.2) is 0 Å². The lowest BCUT2D eigenvalue weighted by Crippen LogP contribution is -2.45. The van der Waals surface area contributed by atoms with Gasteiger partial charge >= 0.3 is 0 Å². The van der Waals surface area contributed by atoms with E-state index in [1.54, 1.807) is 12.2 Å². The smallest absolute Gasteiger partial charge is 0.268 e. The molecule has 0 bridgehead atoms. The number of likely N-dealkylation sites (N-methyl/N-ethyl adjacent to an activating group) is 1. The van der Waals surface area contributed by atoms with Gasteiger partial charge in [-0.05, 0) is 32.1 Å². The van der Waals surface area contributed by atoms with E-state index in [0.29, 0.717) is 30.3 Å². The van der Waals surface area contributed by atoms with E-state index < -0.39 is 38.8 Å². The molecule has 0 saturated heterocycles. The van der Waals surface area contributed by atoms with Crippen molar-refractivity contribution in [3.8, 4) is 0 Å². The number of phosphoric acid groups is 1. The van der Waals surface area contributed by atoms with Crippen LogP contribution < -0.4 is 10.2 Å². The Bertz CT molecular complexity index is 1080. The Hall–Kier alpha value is -1.43. The van der Waals surface area contributed by atoms with E-state index >= 15 is 0 Å². The summed E-state index contributed by atoms with van der Waals surface area (Å²) < 4.78 is 23.1.